The number of hydrogen-bond donors (Lipinski definition) is 0. The molecule has 0 spiro atoms. The summed E-state index contributed by atoms with van der Waals surface area (Å²) in [7, 11) is 0. The van der Waals surface area contributed by atoms with Crippen molar-refractivity contribution in [3.05, 3.63) is 23.8 Å². The Kier molecular flexibility index (Phi) is 2.47. The molecule has 1 aromatic carbocycles. The van der Waals surface area contributed by atoms with Gasteiger partial charge in [0.1, 0.15) is 18.6 Å². The molecule has 0 amide bonds. The molecule has 1 aromatic rings. The summed E-state index contributed by atoms with van der Waals surface area (Å²) in [5.74, 6) is 1.37. The molecule has 0 bridgehead atoms. The summed E-state index contributed by atoms with van der Waals surface area (Å²) in [5, 5.41) is 8.00. The molecule has 0 N–H and O–H groups in total. The lowest BCUT2D eigenvalue weighted by Gasteiger charge is -2.18. The first-order chi connectivity index (χ1) is 6.81. The van der Waals surface area contributed by atoms with Crippen molar-refractivity contribution >= 4 is 11.6 Å². The van der Waals surface area contributed by atoms with Crippen molar-refractivity contribution in [3.8, 4) is 17.6 Å². The number of hydrogen-bond acceptors (Lipinski definition) is 3. The summed E-state index contributed by atoms with van der Waals surface area (Å²) in [6.45, 7) is 1.10. The molecule has 0 aliphatic carbocycles. The first-order valence-corrected chi connectivity index (χ1v) is 4.68. The third kappa shape index (κ3) is 1.61. The van der Waals surface area contributed by atoms with E-state index in [-0.39, 0.29) is 0 Å². The summed E-state index contributed by atoms with van der Waals surface area (Å²) in [6.07, 6.45) is 0. The lowest BCUT2D eigenvalue weighted by molar-refractivity contribution is 0.171. The molecule has 1 unspecified atom stereocenters. The summed E-state index contributed by atoms with van der Waals surface area (Å²) in [4.78, 5) is 0. The molecule has 0 saturated carbocycles. The van der Waals surface area contributed by atoms with E-state index < -0.39 is 5.38 Å². The highest BCUT2D eigenvalue weighted by Gasteiger charge is 2.14. The van der Waals surface area contributed by atoms with Crippen LogP contribution in [0, 0.1) is 11.3 Å². The lowest BCUT2D eigenvalue weighted by atomic mass is 10.1. The van der Waals surface area contributed by atoms with Crippen molar-refractivity contribution in [2.75, 3.05) is 13.2 Å². The molecule has 0 radical (unpaired) electrons. The smallest absolute Gasteiger partial charge is 0.161 e. The van der Waals surface area contributed by atoms with Gasteiger partial charge in [0.05, 0.1) is 6.07 Å². The third-order valence-electron chi connectivity index (χ3n) is 1.97. The van der Waals surface area contributed by atoms with Gasteiger partial charge < -0.3 is 9.47 Å². The minimum atomic E-state index is -0.633. The molecule has 2 rings (SSSR count). The lowest BCUT2D eigenvalue weighted by Crippen LogP contribution is -2.15. The molecule has 14 heavy (non-hydrogen) atoms. The second kappa shape index (κ2) is 3.77. The predicted molar refractivity (Wildman–Crippen MR) is 51.6 cm³/mol. The zero-order valence-electron chi connectivity index (χ0n) is 7.37. The van der Waals surface area contributed by atoms with Crippen molar-refractivity contribution in [1.82, 2.24) is 0 Å². The van der Waals surface area contributed by atoms with E-state index >= 15 is 0 Å². The molecule has 0 aromatic heterocycles. The van der Waals surface area contributed by atoms with Crippen molar-refractivity contribution in [2.45, 2.75) is 5.38 Å². The van der Waals surface area contributed by atoms with E-state index in [1.165, 1.54) is 0 Å². The summed E-state index contributed by atoms with van der Waals surface area (Å²) >= 11 is 5.78. The molecule has 4 heteroatoms. The van der Waals surface area contributed by atoms with Gasteiger partial charge in [0, 0.05) is 0 Å². The fourth-order valence-corrected chi connectivity index (χ4v) is 1.43. The van der Waals surface area contributed by atoms with Crippen LogP contribution in [0.3, 0.4) is 0 Å². The minimum absolute atomic E-state index is 0.538. The molecule has 1 atom stereocenters. The van der Waals surface area contributed by atoms with Crippen LogP contribution in [0.5, 0.6) is 11.5 Å². The quantitative estimate of drug-likeness (QED) is 0.667. The van der Waals surface area contributed by atoms with Gasteiger partial charge in [-0.05, 0) is 17.7 Å². The maximum atomic E-state index is 8.64. The topological polar surface area (TPSA) is 42.2 Å². The maximum absolute atomic E-state index is 8.64. The zero-order chi connectivity index (χ0) is 9.97. The zero-order valence-corrected chi connectivity index (χ0v) is 8.12. The largest absolute Gasteiger partial charge is 0.486 e. The summed E-state index contributed by atoms with van der Waals surface area (Å²) in [6, 6.07) is 7.25. The summed E-state index contributed by atoms with van der Waals surface area (Å²) < 4.78 is 10.7. The fourth-order valence-electron chi connectivity index (χ4n) is 1.29. The van der Waals surface area contributed by atoms with E-state index in [4.69, 9.17) is 26.3 Å². The second-order valence-corrected chi connectivity index (χ2v) is 3.33. The number of halogens is 1. The molecule has 0 fully saturated rings. The molecule has 1 aliphatic heterocycles. The van der Waals surface area contributed by atoms with Gasteiger partial charge in [0.15, 0.2) is 11.5 Å². The van der Waals surface area contributed by atoms with Crippen molar-refractivity contribution < 1.29 is 9.47 Å². The van der Waals surface area contributed by atoms with Crippen LogP contribution in [0.25, 0.3) is 0 Å². The van der Waals surface area contributed by atoms with Crippen LogP contribution in [0.1, 0.15) is 10.9 Å². The molecule has 72 valence electrons. The second-order valence-electron chi connectivity index (χ2n) is 2.89. The Morgan fingerprint density at radius 1 is 1.29 bits per heavy atom. The summed E-state index contributed by atoms with van der Waals surface area (Å²) in [5.41, 5.74) is 0.735. The first-order valence-electron chi connectivity index (χ1n) is 4.24. The Labute approximate surface area is 86.8 Å². The number of alkyl halides is 1. The number of ether oxygens (including phenoxy) is 2. The fraction of sp³-hybridized carbons (Fsp3) is 0.300. The van der Waals surface area contributed by atoms with Gasteiger partial charge in [-0.25, -0.2) is 0 Å². The van der Waals surface area contributed by atoms with Gasteiger partial charge in [0.2, 0.25) is 0 Å². The Hall–Kier alpha value is -1.40. The van der Waals surface area contributed by atoms with E-state index in [1.54, 1.807) is 18.2 Å². The number of rotatable bonds is 1. The van der Waals surface area contributed by atoms with E-state index in [0.29, 0.717) is 24.7 Å². The van der Waals surface area contributed by atoms with Crippen LogP contribution >= 0.6 is 11.6 Å². The van der Waals surface area contributed by atoms with E-state index in [2.05, 4.69) is 0 Å². The minimum Gasteiger partial charge on any atom is -0.486 e. The molecule has 3 nitrogen and oxygen atoms in total. The normalized spacial score (nSPS) is 15.7. The molecule has 1 aliphatic rings. The van der Waals surface area contributed by atoms with Crippen LogP contribution in [0.15, 0.2) is 18.2 Å². The maximum Gasteiger partial charge on any atom is 0.161 e. The molecule has 1 heterocycles. The number of nitrogens with zero attached hydrogens (tertiary/aromatic N) is 1. The van der Waals surface area contributed by atoms with Crippen LogP contribution in [0.4, 0.5) is 0 Å². The molecule has 0 saturated heterocycles. The van der Waals surface area contributed by atoms with Gasteiger partial charge in [0.25, 0.3) is 0 Å². The highest BCUT2D eigenvalue weighted by Crippen LogP contribution is 2.33. The Morgan fingerprint density at radius 3 is 2.71 bits per heavy atom. The average molecular weight is 210 g/mol. The van der Waals surface area contributed by atoms with Crippen LogP contribution in [-0.2, 0) is 0 Å². The van der Waals surface area contributed by atoms with Crippen LogP contribution in [-0.4, -0.2) is 13.2 Å². The van der Waals surface area contributed by atoms with E-state index in [0.717, 1.165) is 5.56 Å². The van der Waals surface area contributed by atoms with Gasteiger partial charge in [-0.1, -0.05) is 6.07 Å². The van der Waals surface area contributed by atoms with Crippen LogP contribution in [0.2, 0.25) is 0 Å². The molecular formula is C10H8ClNO2. The average Bonchev–Trinajstić information content (AvgIpc) is 2.27. The predicted octanol–water partition coefficient (Wildman–Crippen LogP) is 2.26. The van der Waals surface area contributed by atoms with E-state index in [9.17, 15) is 0 Å². The Balaban J connectivity index is 2.34. The highest BCUT2D eigenvalue weighted by atomic mass is 35.5. The molecular weight excluding hydrogens is 202 g/mol. The monoisotopic (exact) mass is 209 g/mol. The van der Waals surface area contributed by atoms with E-state index in [1.807, 2.05) is 6.07 Å². The number of nitriles is 1. The van der Waals surface area contributed by atoms with Gasteiger partial charge in [-0.2, -0.15) is 5.26 Å². The third-order valence-corrected chi connectivity index (χ3v) is 2.32. The Morgan fingerprint density at radius 2 is 2.00 bits per heavy atom. The van der Waals surface area contributed by atoms with Gasteiger partial charge >= 0.3 is 0 Å². The first kappa shape index (κ1) is 9.17. The number of fused-ring (bicyclic) bond motifs is 1. The standard InChI is InChI=1S/C10H8ClNO2/c11-8(6-12)7-1-2-9-10(5-7)14-4-3-13-9/h1-2,5,8H,3-4H2. The Bertz CT molecular complexity index is 386. The van der Waals surface area contributed by atoms with Crippen LogP contribution < -0.4 is 9.47 Å². The SMILES string of the molecule is N#CC(Cl)c1ccc2c(c1)OCCO2. The van der Waals surface area contributed by atoms with Crippen molar-refractivity contribution in [1.29, 1.82) is 5.26 Å². The van der Waals surface area contributed by atoms with Crippen molar-refractivity contribution in [3.63, 3.8) is 0 Å². The highest BCUT2D eigenvalue weighted by molar-refractivity contribution is 6.22. The number of benzene rings is 1. The van der Waals surface area contributed by atoms with Crippen molar-refractivity contribution in [2.24, 2.45) is 0 Å². The van der Waals surface area contributed by atoms with Gasteiger partial charge in [-0.3, -0.25) is 0 Å². The van der Waals surface area contributed by atoms with Gasteiger partial charge in [-0.15, -0.1) is 11.6 Å².